The van der Waals surface area contributed by atoms with Crippen molar-refractivity contribution in [3.63, 3.8) is 0 Å². The van der Waals surface area contributed by atoms with Crippen LogP contribution in [0, 0.1) is 0 Å². The van der Waals surface area contributed by atoms with E-state index in [-0.39, 0.29) is 10.8 Å². The first-order valence-electron chi connectivity index (χ1n) is 23.0. The van der Waals surface area contributed by atoms with Gasteiger partial charge in [-0.25, -0.2) is 0 Å². The fraction of sp³-hybridized carbons (Fsp3) is 0.127. The van der Waals surface area contributed by atoms with Crippen molar-refractivity contribution < 1.29 is 4.58 Å². The van der Waals surface area contributed by atoms with Crippen molar-refractivity contribution in [1.82, 2.24) is 0 Å². The fourth-order valence-corrected chi connectivity index (χ4v) is 11.0. The summed E-state index contributed by atoms with van der Waals surface area (Å²) in [6, 6.07) is 71.1. The van der Waals surface area contributed by atoms with Gasteiger partial charge >= 0.3 is 0 Å². The zero-order valence-electron chi connectivity index (χ0n) is 37.4. The second-order valence-corrected chi connectivity index (χ2v) is 17.7. The van der Waals surface area contributed by atoms with E-state index in [1.807, 2.05) is 0 Å². The van der Waals surface area contributed by atoms with Crippen molar-refractivity contribution in [2.24, 2.45) is 0 Å². The molecular weight excluding hydrogens is 785 g/mol. The van der Waals surface area contributed by atoms with Crippen molar-refractivity contribution in [3.8, 4) is 0 Å². The maximum Gasteiger partial charge on any atom is 0.210 e. The summed E-state index contributed by atoms with van der Waals surface area (Å²) >= 11 is 0. The summed E-state index contributed by atoms with van der Waals surface area (Å²) in [6.45, 7) is 0. The van der Waals surface area contributed by atoms with Gasteiger partial charge < -0.3 is 4.90 Å². The molecule has 2 heteroatoms. The molecule has 316 valence electrons. The maximum atomic E-state index is 2.43. The van der Waals surface area contributed by atoms with Gasteiger partial charge in [0.15, 0.2) is 5.71 Å². The van der Waals surface area contributed by atoms with Crippen molar-refractivity contribution >= 4 is 38.6 Å². The molecule has 0 atom stereocenters. The summed E-state index contributed by atoms with van der Waals surface area (Å²) in [6.07, 6.45) is 23.5. The minimum atomic E-state index is -0.278. The lowest BCUT2D eigenvalue weighted by Crippen LogP contribution is -2.39. The number of nitrogens with zero attached hydrogens (tertiary/aromatic N) is 2. The Hall–Kier alpha value is -7.55. The molecule has 2 aliphatic rings. The van der Waals surface area contributed by atoms with Crippen molar-refractivity contribution in [3.05, 3.63) is 288 Å². The standard InChI is InChI=1S/C63H55N2/c1-64-56-42-40-52-34-22-24-36-54(52)60(56)62(44-48-26-12-8-13-27-48,45-49-28-14-9-15-29-49)58(64)38-20-6-4-3-5-7-21-39-59-63(46-50-30-16-10-17-31-50,47-51-32-18-11-19-33-51)61-55-37-25-23-35-53(55)41-43-57(61)65(59)2/h3-43H,44-47H2,1-2H3/q+1. The number of anilines is 1. The topological polar surface area (TPSA) is 6.25 Å². The molecule has 0 N–H and O–H groups in total. The highest BCUT2D eigenvalue weighted by molar-refractivity contribution is 6.08. The molecule has 10 rings (SSSR count). The zero-order valence-corrected chi connectivity index (χ0v) is 37.4. The van der Waals surface area contributed by atoms with Crippen LogP contribution in [-0.4, -0.2) is 24.4 Å². The molecule has 0 amide bonds. The first kappa shape index (κ1) is 41.5. The Bertz CT molecular complexity index is 3070. The molecule has 0 saturated carbocycles. The number of hydrogen-bond donors (Lipinski definition) is 0. The normalized spacial score (nSPS) is 16.0. The average Bonchev–Trinajstić information content (AvgIpc) is 3.71. The molecule has 8 aromatic rings. The van der Waals surface area contributed by atoms with E-state index in [4.69, 9.17) is 0 Å². The van der Waals surface area contributed by atoms with E-state index in [9.17, 15) is 0 Å². The molecule has 2 heterocycles. The van der Waals surface area contributed by atoms with E-state index in [0.717, 1.165) is 25.7 Å². The highest BCUT2D eigenvalue weighted by Crippen LogP contribution is 2.54. The van der Waals surface area contributed by atoms with Gasteiger partial charge in [-0.1, -0.05) is 218 Å². The van der Waals surface area contributed by atoms with Crippen LogP contribution in [0.25, 0.3) is 21.5 Å². The summed E-state index contributed by atoms with van der Waals surface area (Å²) in [7, 11) is 4.48. The molecule has 65 heavy (non-hydrogen) atoms. The van der Waals surface area contributed by atoms with Crippen LogP contribution in [0.4, 0.5) is 11.4 Å². The Balaban J connectivity index is 0.972. The van der Waals surface area contributed by atoms with E-state index in [1.165, 1.54) is 77.7 Å². The highest BCUT2D eigenvalue weighted by atomic mass is 15.2. The second kappa shape index (κ2) is 18.3. The van der Waals surface area contributed by atoms with Crippen LogP contribution in [0.5, 0.6) is 0 Å². The average molecular weight is 840 g/mol. The summed E-state index contributed by atoms with van der Waals surface area (Å²) in [5.74, 6) is 0. The predicted octanol–water partition coefficient (Wildman–Crippen LogP) is 14.4. The van der Waals surface area contributed by atoms with Crippen molar-refractivity contribution in [2.45, 2.75) is 36.5 Å². The minimum absolute atomic E-state index is 0.278. The van der Waals surface area contributed by atoms with Gasteiger partial charge in [-0.3, -0.25) is 0 Å². The molecular formula is C63H55N2+. The lowest BCUT2D eigenvalue weighted by Gasteiger charge is -2.34. The minimum Gasteiger partial charge on any atom is -0.347 e. The van der Waals surface area contributed by atoms with Crippen LogP contribution in [0.1, 0.15) is 33.4 Å². The van der Waals surface area contributed by atoms with Gasteiger partial charge in [0.05, 0.1) is 5.41 Å². The van der Waals surface area contributed by atoms with Crippen molar-refractivity contribution in [2.75, 3.05) is 19.0 Å². The van der Waals surface area contributed by atoms with E-state index in [0.29, 0.717) is 0 Å². The molecule has 0 aliphatic carbocycles. The molecule has 0 saturated heterocycles. The van der Waals surface area contributed by atoms with Gasteiger partial charge in [-0.15, -0.1) is 0 Å². The SMILES string of the molecule is CN1C(=CC=C/C=C/C=C\C=C\C2=[N+](C)c3ccc4ccccc4c3C2(Cc2ccccc2)Cc2ccccc2)C(Cc2ccccc2)(Cc2ccccc2)c2c1ccc1ccccc21. The Kier molecular flexibility index (Phi) is 11.7. The van der Waals surface area contributed by atoms with E-state index in [1.54, 1.807) is 0 Å². The van der Waals surface area contributed by atoms with E-state index in [2.05, 4.69) is 272 Å². The molecule has 0 unspecified atom stereocenters. The van der Waals surface area contributed by atoms with Crippen LogP contribution in [0.15, 0.2) is 255 Å². The highest BCUT2D eigenvalue weighted by Gasteiger charge is 2.51. The quantitative estimate of drug-likeness (QED) is 0.0828. The van der Waals surface area contributed by atoms with Crippen LogP contribution >= 0.6 is 0 Å². The van der Waals surface area contributed by atoms with Gasteiger partial charge in [0.1, 0.15) is 7.05 Å². The van der Waals surface area contributed by atoms with Gasteiger partial charge in [-0.2, -0.15) is 4.58 Å². The third-order valence-corrected chi connectivity index (χ3v) is 13.8. The fourth-order valence-electron chi connectivity index (χ4n) is 11.0. The molecule has 2 nitrogen and oxygen atoms in total. The number of likely N-dealkylation sites (N-methyl/N-ethyl adjacent to an activating group) is 1. The zero-order chi connectivity index (χ0) is 44.1. The summed E-state index contributed by atoms with van der Waals surface area (Å²) < 4.78 is 2.43. The summed E-state index contributed by atoms with van der Waals surface area (Å²) in [4.78, 5) is 2.43. The number of benzene rings is 8. The van der Waals surface area contributed by atoms with Crippen LogP contribution < -0.4 is 4.90 Å². The lowest BCUT2D eigenvalue weighted by molar-refractivity contribution is -0.401. The van der Waals surface area contributed by atoms with Crippen LogP contribution in [-0.2, 0) is 36.5 Å². The Labute approximate surface area is 384 Å². The van der Waals surface area contributed by atoms with Crippen LogP contribution in [0.3, 0.4) is 0 Å². The van der Waals surface area contributed by atoms with E-state index >= 15 is 0 Å². The third kappa shape index (κ3) is 8.02. The van der Waals surface area contributed by atoms with E-state index < -0.39 is 0 Å². The lowest BCUT2D eigenvalue weighted by atomic mass is 9.68. The molecule has 0 radical (unpaired) electrons. The molecule has 0 spiro atoms. The third-order valence-electron chi connectivity index (χ3n) is 13.8. The summed E-state index contributed by atoms with van der Waals surface area (Å²) in [5, 5.41) is 5.20. The summed E-state index contributed by atoms with van der Waals surface area (Å²) in [5.41, 5.74) is 12.8. The van der Waals surface area contributed by atoms with Gasteiger partial charge in [0.25, 0.3) is 0 Å². The number of rotatable bonds is 13. The predicted molar refractivity (Wildman–Crippen MR) is 276 cm³/mol. The number of fused-ring (bicyclic) bond motifs is 6. The molecule has 0 bridgehead atoms. The monoisotopic (exact) mass is 839 g/mol. The Morgan fingerprint density at radius 2 is 0.831 bits per heavy atom. The van der Waals surface area contributed by atoms with Gasteiger partial charge in [0, 0.05) is 41.6 Å². The Morgan fingerprint density at radius 1 is 0.415 bits per heavy atom. The van der Waals surface area contributed by atoms with Gasteiger partial charge in [-0.05, 0) is 93.3 Å². The molecule has 0 fully saturated rings. The molecule has 0 aromatic heterocycles. The molecule has 8 aromatic carbocycles. The van der Waals surface area contributed by atoms with Gasteiger partial charge in [0.2, 0.25) is 5.69 Å². The maximum absolute atomic E-state index is 2.43. The number of allylic oxidation sites excluding steroid dienone is 10. The smallest absolute Gasteiger partial charge is 0.210 e. The van der Waals surface area contributed by atoms with Crippen LogP contribution in [0.2, 0.25) is 0 Å². The first-order valence-corrected chi connectivity index (χ1v) is 23.0. The number of hydrogen-bond acceptors (Lipinski definition) is 1. The largest absolute Gasteiger partial charge is 0.347 e. The first-order chi connectivity index (χ1) is 32.0. The van der Waals surface area contributed by atoms with Crippen molar-refractivity contribution in [1.29, 1.82) is 0 Å². The Morgan fingerprint density at radius 3 is 1.35 bits per heavy atom. The molecule has 2 aliphatic heterocycles. The second-order valence-electron chi connectivity index (χ2n) is 17.7.